The van der Waals surface area contributed by atoms with Crippen LogP contribution >= 0.6 is 15.9 Å². The molecule has 2 aromatic heterocycles. The highest BCUT2D eigenvalue weighted by Gasteiger charge is 2.27. The predicted octanol–water partition coefficient (Wildman–Crippen LogP) is 2.46. The van der Waals surface area contributed by atoms with Crippen LogP contribution in [0.15, 0.2) is 51.5 Å². The molecule has 0 fully saturated rings. The molecule has 2 heterocycles. The molecular weight excluding hydrogens is 504 g/mol. The zero-order chi connectivity index (χ0) is 25.0. The highest BCUT2D eigenvalue weighted by atomic mass is 79.9. The topological polar surface area (TPSA) is 135 Å². The van der Waals surface area contributed by atoms with Crippen molar-refractivity contribution in [2.24, 2.45) is 18.8 Å². The molecule has 0 bridgehead atoms. The van der Waals surface area contributed by atoms with E-state index in [2.05, 4.69) is 31.7 Å². The smallest absolute Gasteiger partial charge is 0.287 e. The first-order valence-electron chi connectivity index (χ1n) is 10.6. The summed E-state index contributed by atoms with van der Waals surface area (Å²) in [5, 5.41) is 10.6. The number of carbonyl (C=O) groups excluding carboxylic acids is 3. The normalized spacial score (nSPS) is 11.9. The summed E-state index contributed by atoms with van der Waals surface area (Å²) in [6.45, 7) is 3.92. The van der Waals surface area contributed by atoms with E-state index in [9.17, 15) is 14.4 Å². The molecule has 0 aliphatic heterocycles. The number of hydrazine groups is 1. The number of likely N-dealkylation sites (N-methyl/N-ethyl adjacent to an activating group) is 1. The molecule has 3 amide bonds. The lowest BCUT2D eigenvalue weighted by molar-refractivity contribution is -0.133. The van der Waals surface area contributed by atoms with Gasteiger partial charge in [-0.05, 0) is 45.6 Å². The molecule has 34 heavy (non-hydrogen) atoms. The van der Waals surface area contributed by atoms with Crippen LogP contribution in [0.1, 0.15) is 40.5 Å². The third kappa shape index (κ3) is 5.91. The Morgan fingerprint density at radius 1 is 1.18 bits per heavy atom. The van der Waals surface area contributed by atoms with Crippen LogP contribution in [0, 0.1) is 5.92 Å². The number of hydrogen-bond donors (Lipinski definition) is 3. The molecular formula is C23H27BrN6O4. The molecule has 1 atom stereocenters. The van der Waals surface area contributed by atoms with Gasteiger partial charge < -0.3 is 15.1 Å². The van der Waals surface area contributed by atoms with Crippen molar-refractivity contribution in [3.8, 4) is 11.3 Å². The molecule has 3 rings (SSSR count). The average Bonchev–Trinajstić information content (AvgIpc) is 3.42. The number of amides is 3. The van der Waals surface area contributed by atoms with E-state index in [4.69, 9.17) is 10.3 Å². The van der Waals surface area contributed by atoms with E-state index in [1.165, 1.54) is 7.05 Å². The number of rotatable bonds is 8. The third-order valence-electron chi connectivity index (χ3n) is 5.12. The highest BCUT2D eigenvalue weighted by molar-refractivity contribution is 9.10. The maximum Gasteiger partial charge on any atom is 0.287 e. The Hall–Kier alpha value is -3.44. The summed E-state index contributed by atoms with van der Waals surface area (Å²) in [6, 6.07) is 11.5. The van der Waals surface area contributed by atoms with Crippen molar-refractivity contribution in [2.75, 3.05) is 7.05 Å². The zero-order valence-electron chi connectivity index (χ0n) is 19.3. The van der Waals surface area contributed by atoms with Crippen molar-refractivity contribution in [3.63, 3.8) is 0 Å². The number of benzene rings is 1. The highest BCUT2D eigenvalue weighted by Crippen LogP contribution is 2.23. The Labute approximate surface area is 205 Å². The predicted molar refractivity (Wildman–Crippen MR) is 129 cm³/mol. The Morgan fingerprint density at radius 2 is 1.91 bits per heavy atom. The number of nitrogens with zero attached hydrogens (tertiary/aromatic N) is 3. The standard InChI is InChI=1S/C23H27BrN6O4/c1-13(2)20(23(33)29(3)25)27-22(32)18-9-8-17(34-18)15-7-5-6-14(10-15)12-26-21(31)16-11-19(24)30(4)28-16/h5-11,13,20H,12,25H2,1-4H3,(H,26,31)(H,27,32)/t20-/m0/s1. The number of aryl methyl sites for hydroxylation is 1. The Bertz CT molecular complexity index is 1180. The van der Waals surface area contributed by atoms with E-state index in [0.717, 1.165) is 16.1 Å². The number of nitrogens with one attached hydrogen (secondary N) is 2. The molecule has 180 valence electrons. The van der Waals surface area contributed by atoms with Crippen LogP contribution < -0.4 is 16.5 Å². The molecule has 0 aliphatic carbocycles. The Kier molecular flexibility index (Phi) is 7.90. The van der Waals surface area contributed by atoms with Crippen LogP contribution in [0.3, 0.4) is 0 Å². The average molecular weight is 531 g/mol. The van der Waals surface area contributed by atoms with Crippen molar-refractivity contribution >= 4 is 33.7 Å². The first-order valence-corrected chi connectivity index (χ1v) is 11.4. The van der Waals surface area contributed by atoms with Gasteiger partial charge in [-0.3, -0.25) is 24.1 Å². The number of furan rings is 1. The molecule has 0 saturated carbocycles. The van der Waals surface area contributed by atoms with E-state index in [0.29, 0.717) is 22.6 Å². The molecule has 0 spiro atoms. The molecule has 11 heteroatoms. The second-order valence-electron chi connectivity index (χ2n) is 8.17. The Balaban J connectivity index is 1.68. The van der Waals surface area contributed by atoms with E-state index >= 15 is 0 Å². The number of nitrogens with two attached hydrogens (primary N) is 1. The largest absolute Gasteiger partial charge is 0.451 e. The summed E-state index contributed by atoms with van der Waals surface area (Å²) in [5.74, 6) is 4.75. The van der Waals surface area contributed by atoms with Crippen LogP contribution in [0.5, 0.6) is 0 Å². The van der Waals surface area contributed by atoms with Crippen molar-refractivity contribution < 1.29 is 18.8 Å². The Morgan fingerprint density at radius 3 is 2.53 bits per heavy atom. The minimum absolute atomic E-state index is 0.0764. The molecule has 0 radical (unpaired) electrons. The van der Waals surface area contributed by atoms with Crippen molar-refractivity contribution in [2.45, 2.75) is 26.4 Å². The van der Waals surface area contributed by atoms with Crippen LogP contribution in [-0.2, 0) is 18.4 Å². The van der Waals surface area contributed by atoms with Crippen LogP contribution in [-0.4, -0.2) is 45.6 Å². The summed E-state index contributed by atoms with van der Waals surface area (Å²) in [7, 11) is 3.17. The van der Waals surface area contributed by atoms with Crippen molar-refractivity contribution in [1.82, 2.24) is 25.4 Å². The van der Waals surface area contributed by atoms with Crippen molar-refractivity contribution in [3.05, 3.63) is 64.1 Å². The van der Waals surface area contributed by atoms with Gasteiger partial charge in [0.15, 0.2) is 11.5 Å². The van der Waals surface area contributed by atoms with E-state index < -0.39 is 17.9 Å². The number of carbonyl (C=O) groups is 3. The van der Waals surface area contributed by atoms with Gasteiger partial charge in [0.1, 0.15) is 16.4 Å². The number of halogens is 1. The van der Waals surface area contributed by atoms with Gasteiger partial charge in [0.25, 0.3) is 17.7 Å². The molecule has 10 nitrogen and oxygen atoms in total. The van der Waals surface area contributed by atoms with Crippen LogP contribution in [0.25, 0.3) is 11.3 Å². The third-order valence-corrected chi connectivity index (χ3v) is 5.86. The van der Waals surface area contributed by atoms with Gasteiger partial charge >= 0.3 is 0 Å². The summed E-state index contributed by atoms with van der Waals surface area (Å²) < 4.78 is 8.01. The minimum Gasteiger partial charge on any atom is -0.451 e. The SMILES string of the molecule is CC(C)[C@H](NC(=O)c1ccc(-c2cccc(CNC(=O)c3cc(Br)n(C)n3)c2)o1)C(=O)N(C)N. The maximum atomic E-state index is 12.7. The van der Waals surface area contributed by atoms with Crippen molar-refractivity contribution in [1.29, 1.82) is 0 Å². The summed E-state index contributed by atoms with van der Waals surface area (Å²) in [5.41, 5.74) is 1.90. The molecule has 0 unspecified atom stereocenters. The number of hydrogen-bond acceptors (Lipinski definition) is 6. The summed E-state index contributed by atoms with van der Waals surface area (Å²) >= 11 is 3.32. The van der Waals surface area contributed by atoms with E-state index in [1.54, 1.807) is 29.9 Å². The first-order chi connectivity index (χ1) is 16.1. The van der Waals surface area contributed by atoms with Gasteiger partial charge in [-0.15, -0.1) is 0 Å². The van der Waals surface area contributed by atoms with Crippen LogP contribution in [0.2, 0.25) is 0 Å². The molecule has 3 aromatic rings. The van der Waals surface area contributed by atoms with Crippen LogP contribution in [0.4, 0.5) is 0 Å². The fourth-order valence-corrected chi connectivity index (χ4v) is 3.52. The van der Waals surface area contributed by atoms with E-state index in [-0.39, 0.29) is 17.6 Å². The summed E-state index contributed by atoms with van der Waals surface area (Å²) in [6.07, 6.45) is 0. The lowest BCUT2D eigenvalue weighted by atomic mass is 10.0. The summed E-state index contributed by atoms with van der Waals surface area (Å²) in [4.78, 5) is 37.2. The van der Waals surface area contributed by atoms with Gasteiger partial charge in [-0.25, -0.2) is 5.84 Å². The lowest BCUT2D eigenvalue weighted by Gasteiger charge is -2.23. The van der Waals surface area contributed by atoms with E-state index in [1.807, 2.05) is 38.1 Å². The van der Waals surface area contributed by atoms with Gasteiger partial charge in [-0.1, -0.05) is 32.0 Å². The lowest BCUT2D eigenvalue weighted by Crippen LogP contribution is -2.52. The monoisotopic (exact) mass is 530 g/mol. The molecule has 4 N–H and O–H groups in total. The molecule has 0 aliphatic rings. The molecule has 0 saturated heterocycles. The second-order valence-corrected chi connectivity index (χ2v) is 8.98. The van der Waals surface area contributed by atoms with Gasteiger partial charge in [0.2, 0.25) is 0 Å². The quantitative estimate of drug-likeness (QED) is 0.232. The van der Waals surface area contributed by atoms with Gasteiger partial charge in [0, 0.05) is 32.3 Å². The molecule has 1 aromatic carbocycles. The van der Waals surface area contributed by atoms with Gasteiger partial charge in [0.05, 0.1) is 0 Å². The first kappa shape index (κ1) is 25.2. The fraction of sp³-hybridized carbons (Fsp3) is 0.304. The fourth-order valence-electron chi connectivity index (χ4n) is 3.22. The minimum atomic E-state index is -0.775. The van der Waals surface area contributed by atoms with Gasteiger partial charge in [-0.2, -0.15) is 5.10 Å². The maximum absolute atomic E-state index is 12.7. The second kappa shape index (κ2) is 10.7. The zero-order valence-corrected chi connectivity index (χ0v) is 20.9. The number of aromatic nitrogens is 2.